The highest BCUT2D eigenvalue weighted by molar-refractivity contribution is 8.26. The van der Waals surface area contributed by atoms with Crippen molar-refractivity contribution in [1.29, 1.82) is 0 Å². The molecular formula is C17H19N3O4S2. The average Bonchev–Trinajstić information content (AvgIpc) is 2.89. The molecule has 0 bridgehead atoms. The van der Waals surface area contributed by atoms with Crippen LogP contribution < -0.4 is 0 Å². The maximum atomic E-state index is 12.7. The van der Waals surface area contributed by atoms with Gasteiger partial charge in [0, 0.05) is 37.8 Å². The molecule has 2 aliphatic heterocycles. The number of hydrogen-bond acceptors (Lipinski definition) is 7. The highest BCUT2D eigenvalue weighted by Gasteiger charge is 2.32. The van der Waals surface area contributed by atoms with E-state index in [1.807, 2.05) is 0 Å². The van der Waals surface area contributed by atoms with E-state index in [0.717, 1.165) is 19.6 Å². The number of aryl methyl sites for hydroxylation is 1. The molecule has 0 aromatic heterocycles. The number of hydrogen-bond donors (Lipinski definition) is 0. The number of carbonyl (C=O) groups is 1. The Kier molecular flexibility index (Phi) is 6.02. The number of nitro benzene ring substituents is 1. The van der Waals surface area contributed by atoms with Gasteiger partial charge in [0.1, 0.15) is 4.32 Å². The van der Waals surface area contributed by atoms with Gasteiger partial charge in [-0.1, -0.05) is 36.1 Å². The van der Waals surface area contributed by atoms with Crippen molar-refractivity contribution in [2.45, 2.75) is 6.92 Å². The van der Waals surface area contributed by atoms with E-state index in [1.54, 1.807) is 30.0 Å². The molecule has 9 heteroatoms. The molecule has 0 aliphatic carbocycles. The minimum absolute atomic E-state index is 0.0431. The minimum atomic E-state index is -0.416. The highest BCUT2D eigenvalue weighted by Crippen LogP contribution is 2.33. The summed E-state index contributed by atoms with van der Waals surface area (Å²) < 4.78 is 5.85. The first-order valence-electron chi connectivity index (χ1n) is 8.26. The lowest BCUT2D eigenvalue weighted by Gasteiger charge is -2.28. The number of morpholine rings is 1. The summed E-state index contributed by atoms with van der Waals surface area (Å²) in [5, 5.41) is 11.1. The van der Waals surface area contributed by atoms with Gasteiger partial charge in [-0.15, -0.1) is 0 Å². The SMILES string of the molecule is Cc1ccc(/C=C2/SC(=S)N(CCN3CCOCC3)C2=O)cc1[N+](=O)[O-]. The maximum Gasteiger partial charge on any atom is 0.272 e. The molecular weight excluding hydrogens is 374 g/mol. The van der Waals surface area contributed by atoms with Gasteiger partial charge in [0.15, 0.2) is 0 Å². The lowest BCUT2D eigenvalue weighted by Crippen LogP contribution is -2.42. The summed E-state index contributed by atoms with van der Waals surface area (Å²) in [5.41, 5.74) is 1.25. The fourth-order valence-corrected chi connectivity index (χ4v) is 4.13. The van der Waals surface area contributed by atoms with Crippen molar-refractivity contribution in [3.8, 4) is 0 Å². The van der Waals surface area contributed by atoms with Gasteiger partial charge in [0.2, 0.25) is 0 Å². The third-order valence-electron chi connectivity index (χ3n) is 4.34. The van der Waals surface area contributed by atoms with Crippen LogP contribution in [0.1, 0.15) is 11.1 Å². The van der Waals surface area contributed by atoms with Crippen LogP contribution in [-0.2, 0) is 9.53 Å². The van der Waals surface area contributed by atoms with Crippen molar-refractivity contribution in [3.63, 3.8) is 0 Å². The molecule has 0 atom stereocenters. The van der Waals surface area contributed by atoms with E-state index in [2.05, 4.69) is 4.90 Å². The average molecular weight is 393 g/mol. The van der Waals surface area contributed by atoms with Gasteiger partial charge in [0.05, 0.1) is 23.0 Å². The Balaban J connectivity index is 1.70. The minimum Gasteiger partial charge on any atom is -0.379 e. The Labute approximate surface area is 161 Å². The zero-order chi connectivity index (χ0) is 18.7. The molecule has 0 radical (unpaired) electrons. The quantitative estimate of drug-likeness (QED) is 0.329. The molecule has 2 fully saturated rings. The summed E-state index contributed by atoms with van der Waals surface area (Å²) in [6, 6.07) is 4.93. The Bertz CT molecular complexity index is 775. The summed E-state index contributed by atoms with van der Waals surface area (Å²) >= 11 is 6.58. The number of thioether (sulfide) groups is 1. The van der Waals surface area contributed by atoms with Gasteiger partial charge in [-0.05, 0) is 18.6 Å². The maximum absolute atomic E-state index is 12.7. The number of nitrogens with zero attached hydrogens (tertiary/aromatic N) is 3. The number of benzene rings is 1. The predicted molar refractivity (Wildman–Crippen MR) is 105 cm³/mol. The Morgan fingerprint density at radius 1 is 1.35 bits per heavy atom. The van der Waals surface area contributed by atoms with E-state index in [9.17, 15) is 14.9 Å². The number of amides is 1. The second kappa shape index (κ2) is 8.26. The Hall–Kier alpha value is -1.81. The summed E-state index contributed by atoms with van der Waals surface area (Å²) in [6.45, 7) is 6.12. The summed E-state index contributed by atoms with van der Waals surface area (Å²) in [6.07, 6.45) is 1.67. The fourth-order valence-electron chi connectivity index (χ4n) is 2.82. The molecule has 7 nitrogen and oxygen atoms in total. The van der Waals surface area contributed by atoms with Crippen molar-refractivity contribution in [3.05, 3.63) is 44.3 Å². The van der Waals surface area contributed by atoms with Gasteiger partial charge in [0.25, 0.3) is 11.6 Å². The molecule has 1 aromatic rings. The molecule has 0 unspecified atom stereocenters. The van der Waals surface area contributed by atoms with Gasteiger partial charge in [-0.3, -0.25) is 24.7 Å². The highest BCUT2D eigenvalue weighted by atomic mass is 32.2. The monoisotopic (exact) mass is 393 g/mol. The van der Waals surface area contributed by atoms with E-state index in [4.69, 9.17) is 17.0 Å². The van der Waals surface area contributed by atoms with Crippen molar-refractivity contribution in [2.24, 2.45) is 0 Å². The van der Waals surface area contributed by atoms with Gasteiger partial charge in [-0.2, -0.15) is 0 Å². The number of ether oxygens (including phenoxy) is 1. The summed E-state index contributed by atoms with van der Waals surface area (Å²) in [5.74, 6) is -0.142. The van der Waals surface area contributed by atoms with E-state index in [0.29, 0.717) is 40.1 Å². The van der Waals surface area contributed by atoms with Crippen LogP contribution >= 0.6 is 24.0 Å². The second-order valence-corrected chi connectivity index (χ2v) is 7.77. The third-order valence-corrected chi connectivity index (χ3v) is 5.72. The lowest BCUT2D eigenvalue weighted by atomic mass is 10.1. The topological polar surface area (TPSA) is 75.9 Å². The van der Waals surface area contributed by atoms with Crippen LogP contribution in [0.2, 0.25) is 0 Å². The molecule has 1 aromatic carbocycles. The largest absolute Gasteiger partial charge is 0.379 e. The summed E-state index contributed by atoms with van der Waals surface area (Å²) in [7, 11) is 0. The number of nitro groups is 1. The van der Waals surface area contributed by atoms with E-state index in [-0.39, 0.29) is 11.6 Å². The molecule has 26 heavy (non-hydrogen) atoms. The first-order valence-corrected chi connectivity index (χ1v) is 9.48. The zero-order valence-electron chi connectivity index (χ0n) is 14.3. The number of rotatable bonds is 5. The number of carbonyl (C=O) groups excluding carboxylic acids is 1. The van der Waals surface area contributed by atoms with Crippen molar-refractivity contribution >= 4 is 46.0 Å². The Morgan fingerprint density at radius 2 is 2.08 bits per heavy atom. The molecule has 3 rings (SSSR count). The third kappa shape index (κ3) is 4.29. The van der Waals surface area contributed by atoms with Crippen LogP contribution in [0.5, 0.6) is 0 Å². The normalized spacial score (nSPS) is 20.2. The molecule has 0 saturated carbocycles. The molecule has 2 aliphatic rings. The lowest BCUT2D eigenvalue weighted by molar-refractivity contribution is -0.385. The van der Waals surface area contributed by atoms with Crippen LogP contribution in [-0.4, -0.2) is 64.3 Å². The number of thiocarbonyl (C=S) groups is 1. The van der Waals surface area contributed by atoms with E-state index < -0.39 is 4.92 Å². The standard InChI is InChI=1S/C17H19N3O4S2/c1-12-2-3-13(10-14(12)20(22)23)11-15-16(21)19(17(25)26-15)5-4-18-6-8-24-9-7-18/h2-3,10-11H,4-9H2,1H3/b15-11+. The van der Waals surface area contributed by atoms with Gasteiger partial charge in [-0.25, -0.2) is 0 Å². The summed E-state index contributed by atoms with van der Waals surface area (Å²) in [4.78, 5) is 27.7. The zero-order valence-corrected chi connectivity index (χ0v) is 16.0. The van der Waals surface area contributed by atoms with Gasteiger partial charge >= 0.3 is 0 Å². The van der Waals surface area contributed by atoms with Crippen LogP contribution in [0.3, 0.4) is 0 Å². The smallest absolute Gasteiger partial charge is 0.272 e. The van der Waals surface area contributed by atoms with E-state index >= 15 is 0 Å². The molecule has 1 amide bonds. The molecule has 138 valence electrons. The fraction of sp³-hybridized carbons (Fsp3) is 0.412. The molecule has 0 spiro atoms. The molecule has 2 saturated heterocycles. The molecule has 0 N–H and O–H groups in total. The van der Waals surface area contributed by atoms with Crippen LogP contribution in [0.4, 0.5) is 5.69 Å². The van der Waals surface area contributed by atoms with Crippen molar-refractivity contribution < 1.29 is 14.5 Å². The first-order chi connectivity index (χ1) is 12.5. The predicted octanol–water partition coefficient (Wildman–Crippen LogP) is 2.44. The Morgan fingerprint density at radius 3 is 2.77 bits per heavy atom. The second-order valence-electron chi connectivity index (χ2n) is 6.09. The van der Waals surface area contributed by atoms with Crippen LogP contribution in [0.25, 0.3) is 6.08 Å². The van der Waals surface area contributed by atoms with Crippen LogP contribution in [0, 0.1) is 17.0 Å². The van der Waals surface area contributed by atoms with Gasteiger partial charge < -0.3 is 4.74 Å². The van der Waals surface area contributed by atoms with Crippen molar-refractivity contribution in [1.82, 2.24) is 9.80 Å². The van der Waals surface area contributed by atoms with E-state index in [1.165, 1.54) is 17.8 Å². The van der Waals surface area contributed by atoms with Crippen molar-refractivity contribution in [2.75, 3.05) is 39.4 Å². The first kappa shape index (κ1) is 19.0. The molecule has 2 heterocycles. The van der Waals surface area contributed by atoms with Crippen LogP contribution in [0.15, 0.2) is 23.1 Å².